The average molecular weight is 151 g/mol. The minimum atomic E-state index is 0.771. The summed E-state index contributed by atoms with van der Waals surface area (Å²) in [5.74, 6) is 0.771. The molecule has 0 spiro atoms. The van der Waals surface area contributed by atoms with Crippen LogP contribution in [0.4, 0.5) is 5.95 Å². The highest BCUT2D eigenvalue weighted by atomic mass is 15.1. The van der Waals surface area contributed by atoms with Gasteiger partial charge in [-0.15, -0.1) is 0 Å². The van der Waals surface area contributed by atoms with E-state index in [0.29, 0.717) is 0 Å². The van der Waals surface area contributed by atoms with Crippen molar-refractivity contribution in [2.45, 2.75) is 20.8 Å². The number of nitrogens with one attached hydrogen (secondary N) is 2. The van der Waals surface area contributed by atoms with Crippen molar-refractivity contribution in [3.8, 4) is 0 Å². The summed E-state index contributed by atoms with van der Waals surface area (Å²) >= 11 is 0. The Morgan fingerprint density at radius 1 is 1.55 bits per heavy atom. The predicted molar refractivity (Wildman–Crippen MR) is 46.5 cm³/mol. The molecule has 1 heterocycles. The topological polar surface area (TPSA) is 40.7 Å². The Morgan fingerprint density at radius 3 is 2.55 bits per heavy atom. The summed E-state index contributed by atoms with van der Waals surface area (Å²) in [7, 11) is 0. The minimum Gasteiger partial charge on any atom is -0.330 e. The van der Waals surface area contributed by atoms with Gasteiger partial charge in [-0.05, 0) is 20.8 Å². The molecule has 60 valence electrons. The maximum absolute atomic E-state index is 4.22. The molecule has 0 radical (unpaired) electrons. The molecule has 3 heteroatoms. The maximum atomic E-state index is 4.22. The van der Waals surface area contributed by atoms with Crippen LogP contribution in [0.1, 0.15) is 18.3 Å². The molecule has 1 rings (SSSR count). The van der Waals surface area contributed by atoms with Crippen LogP contribution in [0.2, 0.25) is 0 Å². The van der Waals surface area contributed by atoms with E-state index in [2.05, 4.69) is 21.9 Å². The number of aromatic nitrogens is 2. The molecule has 0 aliphatic rings. The van der Waals surface area contributed by atoms with Crippen molar-refractivity contribution >= 4 is 5.95 Å². The Hall–Kier alpha value is -1.25. The second kappa shape index (κ2) is 2.78. The number of anilines is 1. The monoisotopic (exact) mass is 151 g/mol. The highest BCUT2D eigenvalue weighted by Crippen LogP contribution is 2.08. The molecule has 1 aromatic rings. The smallest absolute Gasteiger partial charge is 0.204 e. The van der Waals surface area contributed by atoms with E-state index in [1.165, 1.54) is 0 Å². The van der Waals surface area contributed by atoms with Crippen LogP contribution in [0, 0.1) is 13.8 Å². The van der Waals surface area contributed by atoms with Crippen molar-refractivity contribution < 1.29 is 0 Å². The second-order valence-corrected chi connectivity index (χ2v) is 2.70. The highest BCUT2D eigenvalue weighted by molar-refractivity contribution is 5.35. The Labute approximate surface area is 66.5 Å². The number of aromatic amines is 1. The van der Waals surface area contributed by atoms with Gasteiger partial charge >= 0.3 is 0 Å². The molecular weight excluding hydrogens is 138 g/mol. The summed E-state index contributed by atoms with van der Waals surface area (Å²) in [4.78, 5) is 7.32. The van der Waals surface area contributed by atoms with E-state index in [9.17, 15) is 0 Å². The third-order valence-electron chi connectivity index (χ3n) is 1.46. The molecule has 0 aromatic carbocycles. The molecule has 0 aliphatic carbocycles. The molecular formula is C8H13N3. The number of H-pyrrole nitrogens is 1. The SMILES string of the molecule is C=C(C)Nc1nc(C)c(C)[nH]1. The van der Waals surface area contributed by atoms with Gasteiger partial charge in [-0.2, -0.15) is 0 Å². The van der Waals surface area contributed by atoms with Crippen LogP contribution in [-0.4, -0.2) is 9.97 Å². The van der Waals surface area contributed by atoms with Crippen molar-refractivity contribution in [3.05, 3.63) is 23.7 Å². The van der Waals surface area contributed by atoms with Gasteiger partial charge in [-0.25, -0.2) is 4.98 Å². The summed E-state index contributed by atoms with van der Waals surface area (Å²) in [5, 5.41) is 3.01. The van der Waals surface area contributed by atoms with Gasteiger partial charge in [0.2, 0.25) is 5.95 Å². The Kier molecular flexibility index (Phi) is 1.98. The van der Waals surface area contributed by atoms with Crippen LogP contribution in [0.25, 0.3) is 0 Å². The van der Waals surface area contributed by atoms with E-state index in [-0.39, 0.29) is 0 Å². The van der Waals surface area contributed by atoms with E-state index in [4.69, 9.17) is 0 Å². The molecule has 3 nitrogen and oxygen atoms in total. The molecule has 11 heavy (non-hydrogen) atoms. The van der Waals surface area contributed by atoms with Gasteiger partial charge in [0.15, 0.2) is 0 Å². The summed E-state index contributed by atoms with van der Waals surface area (Å²) in [6, 6.07) is 0. The first-order chi connectivity index (χ1) is 5.09. The minimum absolute atomic E-state index is 0.771. The van der Waals surface area contributed by atoms with Crippen molar-refractivity contribution in [1.29, 1.82) is 0 Å². The number of aryl methyl sites for hydroxylation is 2. The summed E-state index contributed by atoms with van der Waals surface area (Å²) in [6.45, 7) is 9.57. The van der Waals surface area contributed by atoms with Crippen molar-refractivity contribution in [3.63, 3.8) is 0 Å². The molecule has 0 atom stereocenters. The van der Waals surface area contributed by atoms with E-state index in [0.717, 1.165) is 23.0 Å². The number of hydrogen-bond acceptors (Lipinski definition) is 2. The highest BCUT2D eigenvalue weighted by Gasteiger charge is 1.99. The molecule has 0 saturated heterocycles. The number of nitrogens with zero attached hydrogens (tertiary/aromatic N) is 1. The predicted octanol–water partition coefficient (Wildman–Crippen LogP) is 1.97. The fourth-order valence-electron chi connectivity index (χ4n) is 0.809. The molecule has 1 aromatic heterocycles. The van der Waals surface area contributed by atoms with Crippen molar-refractivity contribution in [1.82, 2.24) is 9.97 Å². The molecule has 0 unspecified atom stereocenters. The lowest BCUT2D eigenvalue weighted by Crippen LogP contribution is -1.95. The van der Waals surface area contributed by atoms with Crippen LogP contribution in [-0.2, 0) is 0 Å². The van der Waals surface area contributed by atoms with E-state index < -0.39 is 0 Å². The van der Waals surface area contributed by atoms with Crippen LogP contribution in [0.5, 0.6) is 0 Å². The summed E-state index contributed by atoms with van der Waals surface area (Å²) < 4.78 is 0. The number of rotatable bonds is 2. The standard InChI is InChI=1S/C8H13N3/c1-5(2)9-8-10-6(3)7(4)11-8/h1H2,2-4H3,(H2,9,10,11). The zero-order chi connectivity index (χ0) is 8.43. The lowest BCUT2D eigenvalue weighted by molar-refractivity contribution is 1.21. The Bertz CT molecular complexity index is 253. The van der Waals surface area contributed by atoms with Gasteiger partial charge < -0.3 is 10.3 Å². The van der Waals surface area contributed by atoms with Gasteiger partial charge in [0.25, 0.3) is 0 Å². The quantitative estimate of drug-likeness (QED) is 0.678. The molecule has 0 saturated carbocycles. The first-order valence-electron chi connectivity index (χ1n) is 3.55. The van der Waals surface area contributed by atoms with Crippen LogP contribution in [0.3, 0.4) is 0 Å². The Balaban J connectivity index is 2.81. The lowest BCUT2D eigenvalue weighted by atomic mass is 10.4. The van der Waals surface area contributed by atoms with Crippen molar-refractivity contribution in [2.24, 2.45) is 0 Å². The molecule has 2 N–H and O–H groups in total. The van der Waals surface area contributed by atoms with E-state index >= 15 is 0 Å². The first kappa shape index (κ1) is 7.85. The Morgan fingerprint density at radius 2 is 2.18 bits per heavy atom. The van der Waals surface area contributed by atoms with Gasteiger partial charge in [0.1, 0.15) is 0 Å². The van der Waals surface area contributed by atoms with Gasteiger partial charge in [0.05, 0.1) is 5.69 Å². The number of hydrogen-bond donors (Lipinski definition) is 2. The van der Waals surface area contributed by atoms with Crippen LogP contribution >= 0.6 is 0 Å². The average Bonchev–Trinajstić information content (AvgIpc) is 2.10. The summed E-state index contributed by atoms with van der Waals surface area (Å²) in [5.41, 5.74) is 3.00. The van der Waals surface area contributed by atoms with Gasteiger partial charge in [0, 0.05) is 11.4 Å². The van der Waals surface area contributed by atoms with E-state index in [1.54, 1.807) is 0 Å². The first-order valence-corrected chi connectivity index (χ1v) is 3.55. The maximum Gasteiger partial charge on any atom is 0.204 e. The second-order valence-electron chi connectivity index (χ2n) is 2.70. The fraction of sp³-hybridized carbons (Fsp3) is 0.375. The van der Waals surface area contributed by atoms with Crippen LogP contribution in [0.15, 0.2) is 12.3 Å². The van der Waals surface area contributed by atoms with Crippen molar-refractivity contribution in [2.75, 3.05) is 5.32 Å². The number of allylic oxidation sites excluding steroid dienone is 1. The van der Waals surface area contributed by atoms with Gasteiger partial charge in [-0.1, -0.05) is 6.58 Å². The molecule has 0 fully saturated rings. The lowest BCUT2D eigenvalue weighted by Gasteiger charge is -1.97. The summed E-state index contributed by atoms with van der Waals surface area (Å²) in [6.07, 6.45) is 0. The number of imidazole rings is 1. The molecule has 0 aliphatic heterocycles. The normalized spacial score (nSPS) is 9.73. The van der Waals surface area contributed by atoms with Crippen LogP contribution < -0.4 is 5.32 Å². The zero-order valence-electron chi connectivity index (χ0n) is 7.15. The fourth-order valence-corrected chi connectivity index (χ4v) is 0.809. The molecule has 0 amide bonds. The zero-order valence-corrected chi connectivity index (χ0v) is 7.15. The molecule has 0 bridgehead atoms. The van der Waals surface area contributed by atoms with Gasteiger partial charge in [-0.3, -0.25) is 0 Å². The third-order valence-corrected chi connectivity index (χ3v) is 1.46. The van der Waals surface area contributed by atoms with E-state index in [1.807, 2.05) is 20.8 Å². The third kappa shape index (κ3) is 1.83. The largest absolute Gasteiger partial charge is 0.330 e.